The molecule has 1 aromatic rings. The van der Waals surface area contributed by atoms with Crippen molar-refractivity contribution in [3.8, 4) is 12.1 Å². The largest absolute Gasteiger partial charge is 0.298 e. The highest BCUT2D eigenvalue weighted by atomic mass is 15.1. The second kappa shape index (κ2) is 5.43. The van der Waals surface area contributed by atoms with Crippen molar-refractivity contribution in [3.05, 3.63) is 29.6 Å². The standard InChI is InChI=1S/C13H14N4/c14-7-12-2-1-5-17(10-12)9-11-3-4-16-13(6-11)8-15/h3-4,6,12H,1-2,5,9-10H2. The average molecular weight is 226 g/mol. The summed E-state index contributed by atoms with van der Waals surface area (Å²) in [5.41, 5.74) is 1.55. The third-order valence-electron chi connectivity index (χ3n) is 3.03. The first kappa shape index (κ1) is 11.6. The lowest BCUT2D eigenvalue weighted by Crippen LogP contribution is -2.34. The molecule has 0 aliphatic carbocycles. The minimum atomic E-state index is 0.154. The maximum atomic E-state index is 8.93. The summed E-state index contributed by atoms with van der Waals surface area (Å²) in [4.78, 5) is 6.22. The molecule has 0 amide bonds. The van der Waals surface area contributed by atoms with E-state index < -0.39 is 0 Å². The van der Waals surface area contributed by atoms with Gasteiger partial charge >= 0.3 is 0 Å². The van der Waals surface area contributed by atoms with Crippen LogP contribution in [0.5, 0.6) is 0 Å². The van der Waals surface area contributed by atoms with Crippen LogP contribution in [0, 0.1) is 28.6 Å². The summed E-state index contributed by atoms with van der Waals surface area (Å²) >= 11 is 0. The summed E-state index contributed by atoms with van der Waals surface area (Å²) in [7, 11) is 0. The van der Waals surface area contributed by atoms with Crippen molar-refractivity contribution in [1.29, 1.82) is 10.5 Å². The third-order valence-corrected chi connectivity index (χ3v) is 3.03. The van der Waals surface area contributed by atoms with Gasteiger partial charge < -0.3 is 0 Å². The SMILES string of the molecule is N#Cc1cc(CN2CCCC(C#N)C2)ccn1. The minimum Gasteiger partial charge on any atom is -0.298 e. The molecule has 1 aromatic heterocycles. The van der Waals surface area contributed by atoms with Gasteiger partial charge in [0.2, 0.25) is 0 Å². The van der Waals surface area contributed by atoms with Crippen LogP contribution < -0.4 is 0 Å². The van der Waals surface area contributed by atoms with E-state index in [-0.39, 0.29) is 5.92 Å². The summed E-state index contributed by atoms with van der Waals surface area (Å²) in [5.74, 6) is 0.154. The molecule has 0 N–H and O–H groups in total. The number of aromatic nitrogens is 1. The molecule has 2 rings (SSSR count). The highest BCUT2D eigenvalue weighted by Crippen LogP contribution is 2.17. The van der Waals surface area contributed by atoms with Crippen molar-refractivity contribution in [2.24, 2.45) is 5.92 Å². The molecule has 1 saturated heterocycles. The fourth-order valence-electron chi connectivity index (χ4n) is 2.20. The quantitative estimate of drug-likeness (QED) is 0.769. The number of hydrogen-bond acceptors (Lipinski definition) is 4. The third kappa shape index (κ3) is 3.03. The van der Waals surface area contributed by atoms with E-state index in [9.17, 15) is 0 Å². The molecule has 1 fully saturated rings. The summed E-state index contributed by atoms with van der Waals surface area (Å²) in [5, 5.41) is 17.7. The molecule has 0 spiro atoms. The van der Waals surface area contributed by atoms with E-state index in [4.69, 9.17) is 10.5 Å². The molecule has 86 valence electrons. The Bertz CT molecular complexity index is 469. The number of nitrogens with zero attached hydrogens (tertiary/aromatic N) is 4. The smallest absolute Gasteiger partial charge is 0.140 e. The van der Waals surface area contributed by atoms with E-state index in [1.54, 1.807) is 6.20 Å². The molecule has 0 saturated carbocycles. The molecular weight excluding hydrogens is 212 g/mol. The Morgan fingerprint density at radius 3 is 3.12 bits per heavy atom. The number of likely N-dealkylation sites (tertiary alicyclic amines) is 1. The van der Waals surface area contributed by atoms with Crippen LogP contribution in [0.2, 0.25) is 0 Å². The van der Waals surface area contributed by atoms with Crippen LogP contribution in [-0.2, 0) is 6.54 Å². The highest BCUT2D eigenvalue weighted by molar-refractivity contribution is 5.25. The Kier molecular flexibility index (Phi) is 3.69. The molecular formula is C13H14N4. The van der Waals surface area contributed by atoms with Gasteiger partial charge in [-0.05, 0) is 37.1 Å². The monoisotopic (exact) mass is 226 g/mol. The summed E-state index contributed by atoms with van der Waals surface area (Å²) in [6, 6.07) is 8.12. The van der Waals surface area contributed by atoms with E-state index in [1.807, 2.05) is 18.2 Å². The van der Waals surface area contributed by atoms with E-state index in [1.165, 1.54) is 0 Å². The van der Waals surface area contributed by atoms with Crippen molar-refractivity contribution < 1.29 is 0 Å². The van der Waals surface area contributed by atoms with Crippen LogP contribution in [0.15, 0.2) is 18.3 Å². The van der Waals surface area contributed by atoms with Crippen LogP contribution in [0.3, 0.4) is 0 Å². The maximum absolute atomic E-state index is 8.93. The molecule has 0 radical (unpaired) electrons. The molecule has 4 heteroatoms. The molecule has 17 heavy (non-hydrogen) atoms. The molecule has 1 aliphatic rings. The molecule has 1 atom stereocenters. The molecule has 2 heterocycles. The molecule has 0 aromatic carbocycles. The van der Waals surface area contributed by atoms with Crippen LogP contribution in [0.1, 0.15) is 24.1 Å². The van der Waals surface area contributed by atoms with E-state index in [2.05, 4.69) is 16.0 Å². The predicted octanol–water partition coefficient (Wildman–Crippen LogP) is 1.69. The zero-order chi connectivity index (χ0) is 12.1. The Morgan fingerprint density at radius 2 is 2.35 bits per heavy atom. The molecule has 0 bridgehead atoms. The summed E-state index contributed by atoms with van der Waals surface area (Å²) in [6.45, 7) is 2.67. The van der Waals surface area contributed by atoms with Gasteiger partial charge in [0.15, 0.2) is 0 Å². The minimum absolute atomic E-state index is 0.154. The summed E-state index contributed by atoms with van der Waals surface area (Å²) in [6.07, 6.45) is 3.75. The lowest BCUT2D eigenvalue weighted by molar-refractivity contribution is 0.192. The second-order valence-electron chi connectivity index (χ2n) is 4.36. The number of hydrogen-bond donors (Lipinski definition) is 0. The lowest BCUT2D eigenvalue weighted by atomic mass is 9.99. The zero-order valence-electron chi connectivity index (χ0n) is 9.63. The lowest BCUT2D eigenvalue weighted by Gasteiger charge is -2.29. The van der Waals surface area contributed by atoms with Crippen LogP contribution >= 0.6 is 0 Å². The van der Waals surface area contributed by atoms with Gasteiger partial charge in [0, 0.05) is 19.3 Å². The van der Waals surface area contributed by atoms with Gasteiger partial charge in [0.1, 0.15) is 11.8 Å². The Morgan fingerprint density at radius 1 is 1.47 bits per heavy atom. The highest BCUT2D eigenvalue weighted by Gasteiger charge is 2.19. The van der Waals surface area contributed by atoms with E-state index >= 15 is 0 Å². The zero-order valence-corrected chi connectivity index (χ0v) is 9.63. The van der Waals surface area contributed by atoms with Gasteiger partial charge in [-0.1, -0.05) is 0 Å². The van der Waals surface area contributed by atoms with Gasteiger partial charge in [-0.2, -0.15) is 10.5 Å². The van der Waals surface area contributed by atoms with Gasteiger partial charge in [-0.3, -0.25) is 4.90 Å². The normalized spacial score (nSPS) is 20.5. The van der Waals surface area contributed by atoms with E-state index in [0.717, 1.165) is 38.0 Å². The van der Waals surface area contributed by atoms with Crippen LogP contribution in [0.4, 0.5) is 0 Å². The van der Waals surface area contributed by atoms with Gasteiger partial charge in [0.05, 0.1) is 12.0 Å². The van der Waals surface area contributed by atoms with Crippen molar-refractivity contribution in [1.82, 2.24) is 9.88 Å². The topological polar surface area (TPSA) is 63.7 Å². The fraction of sp³-hybridized carbons (Fsp3) is 0.462. The number of pyridine rings is 1. The summed E-state index contributed by atoms with van der Waals surface area (Å²) < 4.78 is 0. The van der Waals surface area contributed by atoms with Gasteiger partial charge in [0.25, 0.3) is 0 Å². The number of piperidine rings is 1. The Balaban J connectivity index is 2.01. The molecule has 1 unspecified atom stereocenters. The Hall–Kier alpha value is -1.91. The number of nitriles is 2. The molecule has 1 aliphatic heterocycles. The van der Waals surface area contributed by atoms with Crippen LogP contribution in [0.25, 0.3) is 0 Å². The van der Waals surface area contributed by atoms with Crippen molar-refractivity contribution in [3.63, 3.8) is 0 Å². The van der Waals surface area contributed by atoms with Crippen molar-refractivity contribution in [2.45, 2.75) is 19.4 Å². The van der Waals surface area contributed by atoms with Gasteiger partial charge in [-0.15, -0.1) is 0 Å². The predicted molar refractivity (Wildman–Crippen MR) is 62.6 cm³/mol. The van der Waals surface area contributed by atoms with Crippen LogP contribution in [-0.4, -0.2) is 23.0 Å². The molecule has 4 nitrogen and oxygen atoms in total. The van der Waals surface area contributed by atoms with E-state index in [0.29, 0.717) is 5.69 Å². The fourth-order valence-corrected chi connectivity index (χ4v) is 2.20. The first-order valence-electron chi connectivity index (χ1n) is 5.79. The first-order chi connectivity index (χ1) is 8.31. The average Bonchev–Trinajstić information content (AvgIpc) is 2.39. The van der Waals surface area contributed by atoms with Crippen molar-refractivity contribution >= 4 is 0 Å². The maximum Gasteiger partial charge on any atom is 0.140 e. The number of rotatable bonds is 2. The first-order valence-corrected chi connectivity index (χ1v) is 5.79. The second-order valence-corrected chi connectivity index (χ2v) is 4.36. The van der Waals surface area contributed by atoms with Gasteiger partial charge in [-0.25, -0.2) is 4.98 Å². The Labute approximate surface area is 101 Å². The van der Waals surface area contributed by atoms with Crippen molar-refractivity contribution in [2.75, 3.05) is 13.1 Å².